The molecule has 0 amide bonds. The fourth-order valence-corrected chi connectivity index (χ4v) is 2.18. The number of rotatable bonds is 0. The average Bonchev–Trinajstić information content (AvgIpc) is 1.97. The minimum Gasteiger partial charge on any atom is -0.507 e. The smallest absolute Gasteiger partial charge is 0.132 e. The SMILES string of the molecule is Oc1cc(Br)c(Br)c(Cl)c1Br. The van der Waals surface area contributed by atoms with Gasteiger partial charge in [-0.15, -0.1) is 0 Å². The van der Waals surface area contributed by atoms with Crippen molar-refractivity contribution in [2.75, 3.05) is 0 Å². The highest BCUT2D eigenvalue weighted by Crippen LogP contribution is 2.41. The summed E-state index contributed by atoms with van der Waals surface area (Å²) in [6.45, 7) is 0. The first kappa shape index (κ1) is 9.84. The lowest BCUT2D eigenvalue weighted by Gasteiger charge is -2.03. The van der Waals surface area contributed by atoms with E-state index in [0.717, 1.165) is 8.95 Å². The average molecular weight is 365 g/mol. The summed E-state index contributed by atoms with van der Waals surface area (Å²) in [6, 6.07) is 1.56. The molecular weight excluding hydrogens is 363 g/mol. The monoisotopic (exact) mass is 362 g/mol. The topological polar surface area (TPSA) is 20.2 Å². The summed E-state index contributed by atoms with van der Waals surface area (Å²) in [5.41, 5.74) is 0. The molecule has 0 spiro atoms. The molecule has 0 aromatic heterocycles. The first-order chi connectivity index (χ1) is 5.04. The van der Waals surface area contributed by atoms with Gasteiger partial charge in [-0.05, 0) is 53.9 Å². The Hall–Kier alpha value is 0.750. The number of halogens is 4. The van der Waals surface area contributed by atoms with Crippen LogP contribution in [0.5, 0.6) is 5.75 Å². The molecule has 0 unspecified atom stereocenters. The Kier molecular flexibility index (Phi) is 3.26. The molecular formula is C6H2Br3ClO. The second-order valence-corrected chi connectivity index (χ2v) is 4.64. The van der Waals surface area contributed by atoms with E-state index in [1.54, 1.807) is 6.07 Å². The van der Waals surface area contributed by atoms with Crippen LogP contribution in [0.1, 0.15) is 0 Å². The number of phenols is 1. The van der Waals surface area contributed by atoms with E-state index in [0.29, 0.717) is 9.50 Å². The lowest BCUT2D eigenvalue weighted by Crippen LogP contribution is -1.76. The van der Waals surface area contributed by atoms with Crippen molar-refractivity contribution in [2.24, 2.45) is 0 Å². The summed E-state index contributed by atoms with van der Waals surface area (Å²) in [6.07, 6.45) is 0. The Morgan fingerprint density at radius 3 is 2.27 bits per heavy atom. The number of benzene rings is 1. The van der Waals surface area contributed by atoms with Gasteiger partial charge in [-0.2, -0.15) is 0 Å². The Labute approximate surface area is 94.1 Å². The lowest BCUT2D eigenvalue weighted by molar-refractivity contribution is 0.471. The molecule has 0 atom stereocenters. The van der Waals surface area contributed by atoms with Crippen LogP contribution >= 0.6 is 59.4 Å². The maximum Gasteiger partial charge on any atom is 0.132 e. The van der Waals surface area contributed by atoms with Crippen LogP contribution in [-0.2, 0) is 0 Å². The fraction of sp³-hybridized carbons (Fsp3) is 0. The minimum atomic E-state index is 0.116. The van der Waals surface area contributed by atoms with Gasteiger partial charge in [0.2, 0.25) is 0 Å². The summed E-state index contributed by atoms with van der Waals surface area (Å²) >= 11 is 15.4. The van der Waals surface area contributed by atoms with Crippen molar-refractivity contribution in [1.29, 1.82) is 0 Å². The van der Waals surface area contributed by atoms with Gasteiger partial charge < -0.3 is 5.11 Å². The molecule has 1 aromatic carbocycles. The first-order valence-electron chi connectivity index (χ1n) is 2.56. The molecule has 1 N–H and O–H groups in total. The second kappa shape index (κ2) is 3.64. The number of aromatic hydroxyl groups is 1. The van der Waals surface area contributed by atoms with Gasteiger partial charge in [-0.25, -0.2) is 0 Å². The third kappa shape index (κ3) is 1.91. The molecule has 0 fully saturated rings. The van der Waals surface area contributed by atoms with Crippen molar-refractivity contribution in [3.63, 3.8) is 0 Å². The molecule has 0 aliphatic heterocycles. The third-order valence-electron chi connectivity index (χ3n) is 1.08. The molecule has 0 radical (unpaired) electrons. The van der Waals surface area contributed by atoms with Crippen LogP contribution in [0.25, 0.3) is 0 Å². The number of hydrogen-bond acceptors (Lipinski definition) is 1. The van der Waals surface area contributed by atoms with Gasteiger partial charge in [-0.3, -0.25) is 0 Å². The van der Waals surface area contributed by atoms with Crippen molar-refractivity contribution in [2.45, 2.75) is 0 Å². The van der Waals surface area contributed by atoms with Crippen molar-refractivity contribution in [3.8, 4) is 5.75 Å². The Morgan fingerprint density at radius 2 is 1.73 bits per heavy atom. The number of phenolic OH excluding ortho intramolecular Hbond substituents is 1. The van der Waals surface area contributed by atoms with Gasteiger partial charge in [-0.1, -0.05) is 11.6 Å². The molecule has 0 aliphatic carbocycles. The normalized spacial score (nSPS) is 10.2. The molecule has 0 heterocycles. The molecule has 1 nitrogen and oxygen atoms in total. The summed E-state index contributed by atoms with van der Waals surface area (Å²) in [5, 5.41) is 9.68. The predicted molar refractivity (Wildman–Crippen MR) is 56.2 cm³/mol. The molecule has 60 valence electrons. The molecule has 0 aliphatic rings. The quantitative estimate of drug-likeness (QED) is 0.536. The Balaban J connectivity index is 3.46. The van der Waals surface area contributed by atoms with Crippen molar-refractivity contribution < 1.29 is 5.11 Å². The van der Waals surface area contributed by atoms with Crippen molar-refractivity contribution in [3.05, 3.63) is 24.5 Å². The van der Waals surface area contributed by atoms with Crippen molar-refractivity contribution >= 4 is 59.4 Å². The molecule has 0 saturated heterocycles. The standard InChI is InChI=1S/C6H2Br3ClO/c7-2-1-3(11)5(9)6(10)4(2)8/h1,11H. The maximum absolute atomic E-state index is 9.22. The fourth-order valence-electron chi connectivity index (χ4n) is 0.560. The van der Waals surface area contributed by atoms with Crippen LogP contribution in [0.15, 0.2) is 19.5 Å². The van der Waals surface area contributed by atoms with Crippen LogP contribution in [0.4, 0.5) is 0 Å². The maximum atomic E-state index is 9.22. The summed E-state index contributed by atoms with van der Waals surface area (Å²) in [5.74, 6) is 0.116. The van der Waals surface area contributed by atoms with E-state index in [2.05, 4.69) is 47.8 Å². The van der Waals surface area contributed by atoms with E-state index in [-0.39, 0.29) is 5.75 Å². The van der Waals surface area contributed by atoms with Crippen LogP contribution in [0.2, 0.25) is 5.02 Å². The van der Waals surface area contributed by atoms with Gasteiger partial charge in [0, 0.05) is 4.47 Å². The van der Waals surface area contributed by atoms with Gasteiger partial charge in [0.05, 0.1) is 14.0 Å². The summed E-state index contributed by atoms with van der Waals surface area (Å²) < 4.78 is 1.95. The van der Waals surface area contributed by atoms with Gasteiger partial charge in [0.1, 0.15) is 5.75 Å². The highest BCUT2D eigenvalue weighted by Gasteiger charge is 2.10. The number of hydrogen-bond donors (Lipinski definition) is 1. The van der Waals surface area contributed by atoms with E-state index < -0.39 is 0 Å². The molecule has 11 heavy (non-hydrogen) atoms. The summed E-state index contributed by atoms with van der Waals surface area (Å²) in [7, 11) is 0. The van der Waals surface area contributed by atoms with E-state index in [1.807, 2.05) is 0 Å². The molecule has 1 aromatic rings. The van der Waals surface area contributed by atoms with Crippen LogP contribution < -0.4 is 0 Å². The Bertz CT molecular complexity index is 274. The lowest BCUT2D eigenvalue weighted by atomic mass is 10.3. The van der Waals surface area contributed by atoms with E-state index in [4.69, 9.17) is 11.6 Å². The highest BCUT2D eigenvalue weighted by atomic mass is 79.9. The van der Waals surface area contributed by atoms with Crippen LogP contribution in [0.3, 0.4) is 0 Å². The largest absolute Gasteiger partial charge is 0.507 e. The molecule has 1 rings (SSSR count). The third-order valence-corrected chi connectivity index (χ3v) is 4.70. The zero-order valence-corrected chi connectivity index (χ0v) is 10.6. The first-order valence-corrected chi connectivity index (χ1v) is 5.31. The summed E-state index contributed by atoms with van der Waals surface area (Å²) in [4.78, 5) is 0. The van der Waals surface area contributed by atoms with Gasteiger partial charge >= 0.3 is 0 Å². The zero-order chi connectivity index (χ0) is 8.59. The van der Waals surface area contributed by atoms with E-state index in [9.17, 15) is 5.11 Å². The second-order valence-electron chi connectivity index (χ2n) is 1.82. The Morgan fingerprint density at radius 1 is 1.18 bits per heavy atom. The van der Waals surface area contributed by atoms with Gasteiger partial charge in [0.15, 0.2) is 0 Å². The minimum absolute atomic E-state index is 0.116. The van der Waals surface area contributed by atoms with E-state index >= 15 is 0 Å². The highest BCUT2D eigenvalue weighted by molar-refractivity contribution is 9.13. The molecule has 0 bridgehead atoms. The van der Waals surface area contributed by atoms with Crippen molar-refractivity contribution in [1.82, 2.24) is 0 Å². The predicted octanol–water partition coefficient (Wildman–Crippen LogP) is 4.33. The molecule has 5 heteroatoms. The van der Waals surface area contributed by atoms with Gasteiger partial charge in [0.25, 0.3) is 0 Å². The van der Waals surface area contributed by atoms with Crippen LogP contribution in [0, 0.1) is 0 Å². The zero-order valence-electron chi connectivity index (χ0n) is 5.04. The van der Waals surface area contributed by atoms with E-state index in [1.165, 1.54) is 0 Å². The molecule has 0 saturated carbocycles. The van der Waals surface area contributed by atoms with Crippen LogP contribution in [-0.4, -0.2) is 5.11 Å².